The highest BCUT2D eigenvalue weighted by atomic mass is 32.2. The predicted octanol–water partition coefficient (Wildman–Crippen LogP) is 1.70. The molecule has 0 radical (unpaired) electrons. The van der Waals surface area contributed by atoms with Crippen LogP contribution >= 0.6 is 0 Å². The summed E-state index contributed by atoms with van der Waals surface area (Å²) in [5.74, 6) is -0.0628. The van der Waals surface area contributed by atoms with E-state index in [1.54, 1.807) is 38.1 Å². The maximum Gasteiger partial charge on any atom is 0.241 e. The van der Waals surface area contributed by atoms with Gasteiger partial charge in [-0.05, 0) is 50.9 Å². The molecule has 0 spiro atoms. The van der Waals surface area contributed by atoms with Crippen molar-refractivity contribution in [1.82, 2.24) is 5.32 Å². The Morgan fingerprint density at radius 3 is 2.81 bits per heavy atom. The molecule has 116 valence electrons. The molecule has 1 heterocycles. The second kappa shape index (κ2) is 6.58. The average molecular weight is 310 g/mol. The summed E-state index contributed by atoms with van der Waals surface area (Å²) in [5, 5.41) is 5.58. The molecule has 0 aliphatic carbocycles. The van der Waals surface area contributed by atoms with Crippen LogP contribution in [0, 0.1) is 0 Å². The minimum absolute atomic E-state index is 0.00391. The van der Waals surface area contributed by atoms with Gasteiger partial charge in [-0.1, -0.05) is 12.1 Å². The Morgan fingerprint density at radius 2 is 2.19 bits per heavy atom. The van der Waals surface area contributed by atoms with Gasteiger partial charge >= 0.3 is 0 Å². The molecule has 2 N–H and O–H groups in total. The number of sulfone groups is 1. The molecule has 6 heteroatoms. The van der Waals surface area contributed by atoms with E-state index in [0.717, 1.165) is 19.4 Å². The van der Waals surface area contributed by atoms with Gasteiger partial charge in [-0.25, -0.2) is 8.42 Å². The minimum Gasteiger partial charge on any atom is -0.325 e. The molecule has 0 bridgehead atoms. The fourth-order valence-electron chi connectivity index (χ4n) is 2.28. The van der Waals surface area contributed by atoms with Crippen molar-refractivity contribution in [2.24, 2.45) is 0 Å². The van der Waals surface area contributed by atoms with E-state index in [2.05, 4.69) is 10.6 Å². The number of amides is 1. The molecule has 0 saturated carbocycles. The van der Waals surface area contributed by atoms with Gasteiger partial charge in [0.25, 0.3) is 0 Å². The smallest absolute Gasteiger partial charge is 0.241 e. The molecule has 2 rings (SSSR count). The summed E-state index contributed by atoms with van der Waals surface area (Å²) in [6.07, 6.45) is 1.85. The molecule has 1 amide bonds. The molecule has 0 aromatic heterocycles. The zero-order valence-corrected chi connectivity index (χ0v) is 13.2. The second-order valence-electron chi connectivity index (χ2n) is 5.69. The Hall–Kier alpha value is -1.40. The van der Waals surface area contributed by atoms with Crippen molar-refractivity contribution < 1.29 is 13.2 Å². The van der Waals surface area contributed by atoms with Crippen LogP contribution in [-0.2, 0) is 20.4 Å². The van der Waals surface area contributed by atoms with Gasteiger partial charge in [0.05, 0.1) is 17.0 Å². The van der Waals surface area contributed by atoms with Gasteiger partial charge < -0.3 is 10.6 Å². The summed E-state index contributed by atoms with van der Waals surface area (Å²) in [4.78, 5) is 12.0. The number of hydrogen-bond donors (Lipinski definition) is 2. The van der Waals surface area contributed by atoms with Crippen LogP contribution in [0.15, 0.2) is 24.3 Å². The monoisotopic (exact) mass is 310 g/mol. The highest BCUT2D eigenvalue weighted by molar-refractivity contribution is 7.91. The third kappa shape index (κ3) is 4.28. The van der Waals surface area contributed by atoms with E-state index in [1.165, 1.54) is 0 Å². The lowest BCUT2D eigenvalue weighted by Gasteiger charge is -2.12. The van der Waals surface area contributed by atoms with Crippen molar-refractivity contribution in [3.8, 4) is 0 Å². The van der Waals surface area contributed by atoms with Gasteiger partial charge in [0, 0.05) is 5.69 Å². The van der Waals surface area contributed by atoms with Crippen LogP contribution in [0.4, 0.5) is 5.69 Å². The molecule has 1 fully saturated rings. The van der Waals surface area contributed by atoms with Crippen molar-refractivity contribution in [2.45, 2.75) is 43.7 Å². The first-order chi connectivity index (χ1) is 9.88. The first kappa shape index (κ1) is 16.0. The lowest BCUT2D eigenvalue weighted by atomic mass is 10.2. The Morgan fingerprint density at radius 1 is 1.43 bits per heavy atom. The zero-order chi connectivity index (χ0) is 15.5. The molecule has 5 nitrogen and oxygen atoms in total. The number of benzene rings is 1. The van der Waals surface area contributed by atoms with Gasteiger partial charge in [0.1, 0.15) is 0 Å². The SMILES string of the molecule is CC(C)S(=O)(=O)Cc1cccc(NC(=O)C2CCCN2)c1. The maximum atomic E-state index is 12.0. The zero-order valence-electron chi connectivity index (χ0n) is 12.4. The third-order valence-corrected chi connectivity index (χ3v) is 5.83. The fourth-order valence-corrected chi connectivity index (χ4v) is 3.25. The van der Waals surface area contributed by atoms with E-state index in [0.29, 0.717) is 11.3 Å². The lowest BCUT2D eigenvalue weighted by molar-refractivity contribution is -0.117. The molecule has 1 saturated heterocycles. The number of carbonyl (C=O) groups is 1. The lowest BCUT2D eigenvalue weighted by Crippen LogP contribution is -2.35. The number of rotatable bonds is 5. The van der Waals surface area contributed by atoms with Crippen LogP contribution in [0.5, 0.6) is 0 Å². The van der Waals surface area contributed by atoms with Crippen molar-refractivity contribution in [3.05, 3.63) is 29.8 Å². The summed E-state index contributed by atoms with van der Waals surface area (Å²) in [5.41, 5.74) is 1.34. The molecule has 1 unspecified atom stereocenters. The van der Waals surface area contributed by atoms with Crippen LogP contribution in [0.2, 0.25) is 0 Å². The van der Waals surface area contributed by atoms with Gasteiger partial charge in [-0.15, -0.1) is 0 Å². The topological polar surface area (TPSA) is 75.3 Å². The van der Waals surface area contributed by atoms with Crippen LogP contribution in [-0.4, -0.2) is 32.2 Å². The van der Waals surface area contributed by atoms with Gasteiger partial charge in [-0.3, -0.25) is 4.79 Å². The molecule has 21 heavy (non-hydrogen) atoms. The van der Waals surface area contributed by atoms with Crippen molar-refractivity contribution in [2.75, 3.05) is 11.9 Å². The van der Waals surface area contributed by atoms with Crippen LogP contribution < -0.4 is 10.6 Å². The molecular weight excluding hydrogens is 288 g/mol. The van der Waals surface area contributed by atoms with Crippen LogP contribution in [0.3, 0.4) is 0 Å². The molecule has 1 atom stereocenters. The van der Waals surface area contributed by atoms with E-state index in [-0.39, 0.29) is 17.7 Å². The van der Waals surface area contributed by atoms with Crippen molar-refractivity contribution in [1.29, 1.82) is 0 Å². The number of nitrogens with one attached hydrogen (secondary N) is 2. The fraction of sp³-hybridized carbons (Fsp3) is 0.533. The highest BCUT2D eigenvalue weighted by Crippen LogP contribution is 2.17. The van der Waals surface area contributed by atoms with Gasteiger partial charge in [0.15, 0.2) is 9.84 Å². The molecule has 1 aliphatic rings. The largest absolute Gasteiger partial charge is 0.325 e. The molecule has 1 aliphatic heterocycles. The summed E-state index contributed by atoms with van der Waals surface area (Å²) in [6.45, 7) is 4.21. The minimum atomic E-state index is -3.14. The van der Waals surface area contributed by atoms with Crippen molar-refractivity contribution >= 4 is 21.4 Å². The summed E-state index contributed by atoms with van der Waals surface area (Å²) in [6, 6.07) is 6.89. The Kier molecular flexibility index (Phi) is 5.00. The molecule has 1 aromatic carbocycles. The first-order valence-electron chi connectivity index (χ1n) is 7.23. The van der Waals surface area contributed by atoms with Crippen LogP contribution in [0.1, 0.15) is 32.3 Å². The summed E-state index contributed by atoms with van der Waals surface area (Å²) >= 11 is 0. The van der Waals surface area contributed by atoms with Gasteiger partial charge in [0.2, 0.25) is 5.91 Å². The summed E-state index contributed by atoms with van der Waals surface area (Å²) in [7, 11) is -3.14. The number of hydrogen-bond acceptors (Lipinski definition) is 4. The maximum absolute atomic E-state index is 12.0. The quantitative estimate of drug-likeness (QED) is 0.868. The van der Waals surface area contributed by atoms with E-state index in [9.17, 15) is 13.2 Å². The van der Waals surface area contributed by atoms with Crippen LogP contribution in [0.25, 0.3) is 0 Å². The number of carbonyl (C=O) groups excluding carboxylic acids is 1. The number of anilines is 1. The molecule has 1 aromatic rings. The van der Waals surface area contributed by atoms with Gasteiger partial charge in [-0.2, -0.15) is 0 Å². The second-order valence-corrected chi connectivity index (χ2v) is 8.25. The summed E-state index contributed by atoms with van der Waals surface area (Å²) < 4.78 is 23.9. The Balaban J connectivity index is 2.05. The third-order valence-electron chi connectivity index (χ3n) is 3.66. The van der Waals surface area contributed by atoms with E-state index < -0.39 is 15.1 Å². The van der Waals surface area contributed by atoms with E-state index >= 15 is 0 Å². The molecular formula is C15H22N2O3S. The average Bonchev–Trinajstić information content (AvgIpc) is 2.92. The Bertz CT molecular complexity index is 605. The van der Waals surface area contributed by atoms with E-state index in [4.69, 9.17) is 0 Å². The predicted molar refractivity (Wildman–Crippen MR) is 83.9 cm³/mol. The van der Waals surface area contributed by atoms with E-state index in [1.807, 2.05) is 0 Å². The Labute approximate surface area is 126 Å². The standard InChI is InChI=1S/C15H22N2O3S/c1-11(2)21(19,20)10-12-5-3-6-13(9-12)17-15(18)14-7-4-8-16-14/h3,5-6,9,11,14,16H,4,7-8,10H2,1-2H3,(H,17,18). The normalized spacial score (nSPS) is 18.9. The van der Waals surface area contributed by atoms with Crippen molar-refractivity contribution in [3.63, 3.8) is 0 Å². The first-order valence-corrected chi connectivity index (χ1v) is 8.95. The highest BCUT2D eigenvalue weighted by Gasteiger charge is 2.22.